The molecule has 0 radical (unpaired) electrons. The van der Waals surface area contributed by atoms with Crippen molar-refractivity contribution in [2.45, 2.75) is 51.1 Å². The van der Waals surface area contributed by atoms with Crippen molar-refractivity contribution in [1.82, 2.24) is 4.90 Å². The second-order valence-electron chi connectivity index (χ2n) is 6.24. The van der Waals surface area contributed by atoms with Crippen LogP contribution < -0.4 is 5.73 Å². The van der Waals surface area contributed by atoms with E-state index >= 15 is 0 Å². The molecule has 0 amide bonds. The van der Waals surface area contributed by atoms with Crippen molar-refractivity contribution in [1.29, 1.82) is 5.41 Å². The van der Waals surface area contributed by atoms with Crippen LogP contribution in [0.4, 0.5) is 0 Å². The standard InChI is InChI=1S/C17H27N3/c1-13-8-10-15(11-9-13)20(2)16(12-17(18)19)14-6-4-3-5-7-14/h3-7,13,15-16H,8-12H2,1-2H3,(H3,18,19). The lowest BCUT2D eigenvalue weighted by Gasteiger charge is -2.38. The summed E-state index contributed by atoms with van der Waals surface area (Å²) in [5.41, 5.74) is 6.94. The third-order valence-electron chi connectivity index (χ3n) is 4.65. The maximum absolute atomic E-state index is 7.66. The maximum atomic E-state index is 7.66. The molecule has 3 N–H and O–H groups in total. The molecule has 0 aliphatic heterocycles. The van der Waals surface area contributed by atoms with Gasteiger partial charge in [0.2, 0.25) is 0 Å². The van der Waals surface area contributed by atoms with E-state index in [0.29, 0.717) is 12.5 Å². The van der Waals surface area contributed by atoms with Gasteiger partial charge in [0.25, 0.3) is 0 Å². The summed E-state index contributed by atoms with van der Waals surface area (Å²) in [5.74, 6) is 1.14. The topological polar surface area (TPSA) is 53.1 Å². The first kappa shape index (κ1) is 15.0. The van der Waals surface area contributed by atoms with E-state index < -0.39 is 0 Å². The molecule has 3 heteroatoms. The van der Waals surface area contributed by atoms with Gasteiger partial charge in [0.1, 0.15) is 0 Å². The molecular weight excluding hydrogens is 246 g/mol. The Labute approximate surface area is 122 Å². The molecule has 1 aliphatic carbocycles. The zero-order chi connectivity index (χ0) is 14.5. The fourth-order valence-corrected chi connectivity index (χ4v) is 3.28. The van der Waals surface area contributed by atoms with E-state index in [-0.39, 0.29) is 11.9 Å². The minimum Gasteiger partial charge on any atom is -0.388 e. The number of amidine groups is 1. The molecule has 0 spiro atoms. The van der Waals surface area contributed by atoms with Crippen molar-refractivity contribution in [3.8, 4) is 0 Å². The zero-order valence-corrected chi connectivity index (χ0v) is 12.7. The van der Waals surface area contributed by atoms with E-state index in [9.17, 15) is 0 Å². The van der Waals surface area contributed by atoms with Crippen LogP contribution in [0, 0.1) is 11.3 Å². The predicted octanol–water partition coefficient (Wildman–Crippen LogP) is 3.56. The van der Waals surface area contributed by atoms with Crippen molar-refractivity contribution >= 4 is 5.84 Å². The largest absolute Gasteiger partial charge is 0.388 e. The van der Waals surface area contributed by atoms with Crippen LogP contribution in [0.15, 0.2) is 30.3 Å². The first-order valence-electron chi connectivity index (χ1n) is 7.67. The van der Waals surface area contributed by atoms with Crippen molar-refractivity contribution in [2.75, 3.05) is 7.05 Å². The van der Waals surface area contributed by atoms with Crippen LogP contribution in [-0.2, 0) is 0 Å². The monoisotopic (exact) mass is 273 g/mol. The second kappa shape index (κ2) is 6.89. The van der Waals surface area contributed by atoms with Crippen LogP contribution in [0.3, 0.4) is 0 Å². The Morgan fingerprint density at radius 1 is 1.25 bits per heavy atom. The van der Waals surface area contributed by atoms with E-state index in [2.05, 4.69) is 43.1 Å². The van der Waals surface area contributed by atoms with Crippen LogP contribution >= 0.6 is 0 Å². The highest BCUT2D eigenvalue weighted by Crippen LogP contribution is 2.32. The molecule has 0 aromatic heterocycles. The summed E-state index contributed by atoms with van der Waals surface area (Å²) in [7, 11) is 2.20. The van der Waals surface area contributed by atoms with E-state index in [0.717, 1.165) is 5.92 Å². The smallest absolute Gasteiger partial charge is 0.0924 e. The van der Waals surface area contributed by atoms with E-state index in [1.807, 2.05) is 6.07 Å². The van der Waals surface area contributed by atoms with Gasteiger partial charge in [-0.3, -0.25) is 10.3 Å². The molecule has 1 aromatic carbocycles. The lowest BCUT2D eigenvalue weighted by atomic mass is 9.85. The molecule has 0 bridgehead atoms. The zero-order valence-electron chi connectivity index (χ0n) is 12.7. The number of hydrogen-bond donors (Lipinski definition) is 2. The SMILES string of the molecule is CC1CCC(N(C)C(CC(=N)N)c2ccccc2)CC1. The Morgan fingerprint density at radius 2 is 1.85 bits per heavy atom. The van der Waals surface area contributed by atoms with Crippen LogP contribution in [0.25, 0.3) is 0 Å². The Kier molecular flexibility index (Phi) is 5.18. The Hall–Kier alpha value is -1.35. The number of nitrogens with zero attached hydrogens (tertiary/aromatic N) is 1. The molecule has 1 atom stereocenters. The van der Waals surface area contributed by atoms with Crippen molar-refractivity contribution in [3.63, 3.8) is 0 Å². The van der Waals surface area contributed by atoms with Crippen LogP contribution in [0.1, 0.15) is 50.6 Å². The van der Waals surface area contributed by atoms with Crippen LogP contribution in [0.5, 0.6) is 0 Å². The van der Waals surface area contributed by atoms with Gasteiger partial charge in [-0.2, -0.15) is 0 Å². The Bertz CT molecular complexity index is 421. The quantitative estimate of drug-likeness (QED) is 0.636. The second-order valence-corrected chi connectivity index (χ2v) is 6.24. The number of nitrogens with two attached hydrogens (primary N) is 1. The average Bonchev–Trinajstić information content (AvgIpc) is 2.45. The third kappa shape index (κ3) is 3.83. The summed E-state index contributed by atoms with van der Waals surface area (Å²) in [6.45, 7) is 2.35. The van der Waals surface area contributed by atoms with Gasteiger partial charge in [0, 0.05) is 18.5 Å². The third-order valence-corrected chi connectivity index (χ3v) is 4.65. The van der Waals surface area contributed by atoms with E-state index in [1.54, 1.807) is 0 Å². The molecule has 2 rings (SSSR count). The molecule has 3 nitrogen and oxygen atoms in total. The molecular formula is C17H27N3. The lowest BCUT2D eigenvalue weighted by Crippen LogP contribution is -2.39. The molecule has 1 saturated carbocycles. The van der Waals surface area contributed by atoms with Crippen molar-refractivity contribution < 1.29 is 0 Å². The summed E-state index contributed by atoms with van der Waals surface area (Å²) in [4.78, 5) is 2.45. The molecule has 1 fully saturated rings. The highest BCUT2D eigenvalue weighted by atomic mass is 15.2. The highest BCUT2D eigenvalue weighted by molar-refractivity contribution is 5.77. The van der Waals surface area contributed by atoms with Crippen LogP contribution in [-0.4, -0.2) is 23.8 Å². The summed E-state index contributed by atoms with van der Waals surface area (Å²) in [6, 6.07) is 11.3. The summed E-state index contributed by atoms with van der Waals surface area (Å²) in [6.07, 6.45) is 5.78. The number of nitrogens with one attached hydrogen (secondary N) is 1. The number of benzene rings is 1. The number of hydrogen-bond acceptors (Lipinski definition) is 2. The maximum Gasteiger partial charge on any atom is 0.0924 e. The molecule has 1 aromatic rings. The van der Waals surface area contributed by atoms with Crippen molar-refractivity contribution in [2.24, 2.45) is 11.7 Å². The fraction of sp³-hybridized carbons (Fsp3) is 0.588. The first-order chi connectivity index (χ1) is 9.58. The minimum atomic E-state index is 0.229. The lowest BCUT2D eigenvalue weighted by molar-refractivity contribution is 0.125. The van der Waals surface area contributed by atoms with Gasteiger partial charge in [0.15, 0.2) is 0 Å². The predicted molar refractivity (Wildman–Crippen MR) is 84.9 cm³/mol. The van der Waals surface area contributed by atoms with Gasteiger partial charge >= 0.3 is 0 Å². The molecule has 0 saturated heterocycles. The van der Waals surface area contributed by atoms with Crippen LogP contribution in [0.2, 0.25) is 0 Å². The Balaban J connectivity index is 2.12. The molecule has 20 heavy (non-hydrogen) atoms. The molecule has 1 unspecified atom stereocenters. The van der Waals surface area contributed by atoms with E-state index in [1.165, 1.54) is 31.2 Å². The van der Waals surface area contributed by atoms with Gasteiger partial charge in [-0.05, 0) is 44.2 Å². The Morgan fingerprint density at radius 3 is 2.40 bits per heavy atom. The molecule has 110 valence electrons. The van der Waals surface area contributed by atoms with Crippen molar-refractivity contribution in [3.05, 3.63) is 35.9 Å². The molecule has 0 heterocycles. The summed E-state index contributed by atoms with van der Waals surface area (Å²) >= 11 is 0. The minimum absolute atomic E-state index is 0.229. The summed E-state index contributed by atoms with van der Waals surface area (Å²) in [5, 5.41) is 7.66. The van der Waals surface area contributed by atoms with E-state index in [4.69, 9.17) is 11.1 Å². The van der Waals surface area contributed by atoms with Gasteiger partial charge in [0.05, 0.1) is 5.84 Å². The highest BCUT2D eigenvalue weighted by Gasteiger charge is 2.27. The average molecular weight is 273 g/mol. The van der Waals surface area contributed by atoms with Gasteiger partial charge in [-0.25, -0.2) is 0 Å². The number of rotatable bonds is 5. The van der Waals surface area contributed by atoms with Gasteiger partial charge < -0.3 is 5.73 Å². The summed E-state index contributed by atoms with van der Waals surface area (Å²) < 4.78 is 0. The van der Waals surface area contributed by atoms with Gasteiger partial charge in [-0.1, -0.05) is 37.3 Å². The van der Waals surface area contributed by atoms with Gasteiger partial charge in [-0.15, -0.1) is 0 Å². The molecule has 1 aliphatic rings. The fourth-order valence-electron chi connectivity index (χ4n) is 3.28. The normalized spacial score (nSPS) is 24.6. The first-order valence-corrected chi connectivity index (χ1v) is 7.67.